The van der Waals surface area contributed by atoms with Gasteiger partial charge in [-0.25, -0.2) is 4.79 Å². The van der Waals surface area contributed by atoms with E-state index in [1.165, 1.54) is 7.11 Å². The molecule has 0 spiro atoms. The zero-order valence-electron chi connectivity index (χ0n) is 10.6. The molecule has 0 radical (unpaired) electrons. The lowest BCUT2D eigenvalue weighted by molar-refractivity contribution is -0.124. The summed E-state index contributed by atoms with van der Waals surface area (Å²) in [6.07, 6.45) is 0. The van der Waals surface area contributed by atoms with Crippen LogP contribution in [0.5, 0.6) is 5.75 Å². The maximum absolute atomic E-state index is 11.9. The molecular formula is C13H15NO4. The second-order valence-electron chi connectivity index (χ2n) is 4.83. The van der Waals surface area contributed by atoms with Gasteiger partial charge < -0.3 is 14.8 Å². The summed E-state index contributed by atoms with van der Waals surface area (Å²) >= 11 is 0. The Balaban J connectivity index is 2.38. The lowest BCUT2D eigenvalue weighted by Crippen LogP contribution is -2.33. The standard InChI is InChI=1S/C13H15NO4/c1-13(2)7-18-10-5-4-8(11(15)17-3)6-9(10)14-12(13)16/h4-6H,7H2,1-3H3,(H,14,16). The number of benzene rings is 1. The number of carbonyl (C=O) groups excluding carboxylic acids is 2. The van der Waals surface area contributed by atoms with E-state index in [1.54, 1.807) is 32.0 Å². The molecule has 1 heterocycles. The number of fused-ring (bicyclic) bond motifs is 1. The van der Waals surface area contributed by atoms with Gasteiger partial charge in [0.15, 0.2) is 0 Å². The predicted molar refractivity (Wildman–Crippen MR) is 65.7 cm³/mol. The van der Waals surface area contributed by atoms with Crippen LogP contribution in [-0.2, 0) is 9.53 Å². The predicted octanol–water partition coefficient (Wildman–Crippen LogP) is 1.83. The zero-order chi connectivity index (χ0) is 13.3. The average Bonchev–Trinajstić information content (AvgIpc) is 2.46. The van der Waals surface area contributed by atoms with Gasteiger partial charge in [-0.2, -0.15) is 0 Å². The Morgan fingerprint density at radius 3 is 2.83 bits per heavy atom. The Labute approximate surface area is 105 Å². The van der Waals surface area contributed by atoms with Gasteiger partial charge in [-0.05, 0) is 32.0 Å². The number of esters is 1. The molecule has 0 aromatic heterocycles. The first-order chi connectivity index (χ1) is 8.44. The fraction of sp³-hybridized carbons (Fsp3) is 0.385. The minimum atomic E-state index is -0.607. The largest absolute Gasteiger partial charge is 0.490 e. The highest BCUT2D eigenvalue weighted by molar-refractivity contribution is 5.99. The minimum Gasteiger partial charge on any atom is -0.490 e. The number of amides is 1. The van der Waals surface area contributed by atoms with Crippen molar-refractivity contribution in [2.24, 2.45) is 5.41 Å². The van der Waals surface area contributed by atoms with Crippen molar-refractivity contribution in [3.8, 4) is 5.75 Å². The van der Waals surface area contributed by atoms with E-state index in [0.29, 0.717) is 23.6 Å². The van der Waals surface area contributed by atoms with Crippen LogP contribution in [0.15, 0.2) is 18.2 Å². The second kappa shape index (κ2) is 4.33. The first-order valence-corrected chi connectivity index (χ1v) is 5.61. The molecule has 5 nitrogen and oxygen atoms in total. The molecular weight excluding hydrogens is 234 g/mol. The van der Waals surface area contributed by atoms with E-state index >= 15 is 0 Å². The van der Waals surface area contributed by atoms with Gasteiger partial charge in [-0.3, -0.25) is 4.79 Å². The van der Waals surface area contributed by atoms with Gasteiger partial charge in [-0.15, -0.1) is 0 Å². The van der Waals surface area contributed by atoms with Gasteiger partial charge in [-0.1, -0.05) is 0 Å². The number of anilines is 1. The third-order valence-corrected chi connectivity index (χ3v) is 2.85. The van der Waals surface area contributed by atoms with E-state index in [0.717, 1.165) is 0 Å². The summed E-state index contributed by atoms with van der Waals surface area (Å²) in [5.41, 5.74) is 0.262. The summed E-state index contributed by atoms with van der Waals surface area (Å²) in [4.78, 5) is 23.4. The molecule has 0 aliphatic carbocycles. The molecule has 1 amide bonds. The molecule has 1 aromatic rings. The summed E-state index contributed by atoms with van der Waals surface area (Å²) in [5.74, 6) is -0.0274. The Morgan fingerprint density at radius 1 is 1.44 bits per heavy atom. The number of methoxy groups -OCH3 is 1. The van der Waals surface area contributed by atoms with Gasteiger partial charge in [0.05, 0.1) is 23.8 Å². The highest BCUT2D eigenvalue weighted by Gasteiger charge is 2.32. The highest BCUT2D eigenvalue weighted by atomic mass is 16.5. The Kier molecular flexibility index (Phi) is 2.98. The molecule has 0 saturated heterocycles. The number of rotatable bonds is 1. The van der Waals surface area contributed by atoms with Gasteiger partial charge in [0.2, 0.25) is 5.91 Å². The number of carbonyl (C=O) groups is 2. The quantitative estimate of drug-likeness (QED) is 0.771. The van der Waals surface area contributed by atoms with E-state index in [1.807, 2.05) is 0 Å². The fourth-order valence-corrected chi connectivity index (χ4v) is 1.61. The summed E-state index contributed by atoms with van der Waals surface area (Å²) in [7, 11) is 1.31. The molecule has 0 saturated carbocycles. The molecule has 2 rings (SSSR count). The number of hydrogen-bond donors (Lipinski definition) is 1. The molecule has 0 bridgehead atoms. The maximum Gasteiger partial charge on any atom is 0.337 e. The molecule has 1 aromatic carbocycles. The molecule has 1 N–H and O–H groups in total. The SMILES string of the molecule is COC(=O)c1ccc2c(c1)NC(=O)C(C)(C)CO2. The Hall–Kier alpha value is -2.04. The molecule has 96 valence electrons. The van der Waals surface area contributed by atoms with Crippen LogP contribution in [0.2, 0.25) is 0 Å². The molecule has 0 atom stereocenters. The molecule has 18 heavy (non-hydrogen) atoms. The molecule has 1 aliphatic rings. The van der Waals surface area contributed by atoms with Crippen molar-refractivity contribution >= 4 is 17.6 Å². The van der Waals surface area contributed by atoms with Crippen molar-refractivity contribution in [2.75, 3.05) is 19.0 Å². The van der Waals surface area contributed by atoms with E-state index in [4.69, 9.17) is 4.74 Å². The topological polar surface area (TPSA) is 64.6 Å². The highest BCUT2D eigenvalue weighted by Crippen LogP contribution is 2.32. The zero-order valence-corrected chi connectivity index (χ0v) is 10.6. The molecule has 0 unspecified atom stereocenters. The van der Waals surface area contributed by atoms with E-state index in [2.05, 4.69) is 10.1 Å². The second-order valence-corrected chi connectivity index (χ2v) is 4.83. The van der Waals surface area contributed by atoms with Crippen LogP contribution in [0, 0.1) is 5.41 Å². The summed E-state index contributed by atoms with van der Waals surface area (Å²) in [6.45, 7) is 3.90. The summed E-state index contributed by atoms with van der Waals surface area (Å²) in [5, 5.41) is 2.76. The molecule has 0 fully saturated rings. The van der Waals surface area contributed by atoms with Crippen molar-refractivity contribution in [1.29, 1.82) is 0 Å². The average molecular weight is 249 g/mol. The maximum atomic E-state index is 11.9. The van der Waals surface area contributed by atoms with Gasteiger partial charge in [0, 0.05) is 0 Å². The molecule has 5 heteroatoms. The third-order valence-electron chi connectivity index (χ3n) is 2.85. The van der Waals surface area contributed by atoms with E-state index < -0.39 is 11.4 Å². The minimum absolute atomic E-state index is 0.136. The fourth-order valence-electron chi connectivity index (χ4n) is 1.61. The van der Waals surface area contributed by atoms with Crippen LogP contribution in [0.3, 0.4) is 0 Å². The summed E-state index contributed by atoms with van der Waals surface area (Å²) in [6, 6.07) is 4.82. The Bertz CT molecular complexity index is 508. The van der Waals surface area contributed by atoms with Crippen molar-refractivity contribution in [1.82, 2.24) is 0 Å². The molecule has 1 aliphatic heterocycles. The first-order valence-electron chi connectivity index (χ1n) is 5.61. The lowest BCUT2D eigenvalue weighted by atomic mass is 9.94. The van der Waals surface area contributed by atoms with Crippen LogP contribution in [-0.4, -0.2) is 25.6 Å². The van der Waals surface area contributed by atoms with Crippen LogP contribution >= 0.6 is 0 Å². The number of nitrogens with one attached hydrogen (secondary N) is 1. The number of hydrogen-bond acceptors (Lipinski definition) is 4. The Morgan fingerprint density at radius 2 is 2.17 bits per heavy atom. The first kappa shape index (κ1) is 12.4. The van der Waals surface area contributed by atoms with Crippen molar-refractivity contribution in [3.63, 3.8) is 0 Å². The van der Waals surface area contributed by atoms with Crippen molar-refractivity contribution in [3.05, 3.63) is 23.8 Å². The monoisotopic (exact) mass is 249 g/mol. The van der Waals surface area contributed by atoms with Crippen LogP contribution in [0.4, 0.5) is 5.69 Å². The third kappa shape index (κ3) is 2.16. The van der Waals surface area contributed by atoms with E-state index in [9.17, 15) is 9.59 Å². The van der Waals surface area contributed by atoms with Crippen molar-refractivity contribution < 1.29 is 19.1 Å². The van der Waals surface area contributed by atoms with Crippen LogP contribution in [0.25, 0.3) is 0 Å². The van der Waals surface area contributed by atoms with Crippen molar-refractivity contribution in [2.45, 2.75) is 13.8 Å². The normalized spacial score (nSPS) is 16.9. The van der Waals surface area contributed by atoms with E-state index in [-0.39, 0.29) is 5.91 Å². The lowest BCUT2D eigenvalue weighted by Gasteiger charge is -2.18. The van der Waals surface area contributed by atoms with Crippen LogP contribution < -0.4 is 10.1 Å². The smallest absolute Gasteiger partial charge is 0.337 e. The van der Waals surface area contributed by atoms with Gasteiger partial charge in [0.25, 0.3) is 0 Å². The van der Waals surface area contributed by atoms with Gasteiger partial charge in [0.1, 0.15) is 12.4 Å². The van der Waals surface area contributed by atoms with Crippen LogP contribution in [0.1, 0.15) is 24.2 Å². The number of ether oxygens (including phenoxy) is 2. The van der Waals surface area contributed by atoms with Gasteiger partial charge >= 0.3 is 5.97 Å². The summed E-state index contributed by atoms with van der Waals surface area (Å²) < 4.78 is 10.2.